The lowest BCUT2D eigenvalue weighted by molar-refractivity contribution is -0.384. The maximum Gasteiger partial charge on any atom is 0.269 e. The molecule has 0 saturated carbocycles. The van der Waals surface area contributed by atoms with Crippen molar-refractivity contribution in [1.82, 2.24) is 4.90 Å². The number of non-ortho nitro benzene ring substituents is 1. The number of rotatable bonds is 4. The highest BCUT2D eigenvalue weighted by atomic mass is 16.6. The second kappa shape index (κ2) is 7.80. The topological polar surface area (TPSA) is 83.8 Å². The maximum atomic E-state index is 12.9. The lowest BCUT2D eigenvalue weighted by Crippen LogP contribution is -2.57. The molecule has 1 saturated heterocycles. The molecule has 7 heteroatoms. The number of carbonyl (C=O) groups excluding carboxylic acids is 2. The molecule has 0 spiro atoms. The van der Waals surface area contributed by atoms with E-state index in [0.717, 1.165) is 5.69 Å². The van der Waals surface area contributed by atoms with Crippen LogP contribution in [0.15, 0.2) is 48.5 Å². The van der Waals surface area contributed by atoms with Crippen molar-refractivity contribution in [2.75, 3.05) is 18.0 Å². The van der Waals surface area contributed by atoms with Gasteiger partial charge in [0.05, 0.1) is 4.92 Å². The molecular formula is C21H23N3O4. The predicted octanol–water partition coefficient (Wildman–Crippen LogP) is 3.60. The number of anilines is 1. The first-order valence-corrected chi connectivity index (χ1v) is 9.26. The zero-order valence-corrected chi connectivity index (χ0v) is 16.2. The van der Waals surface area contributed by atoms with Crippen LogP contribution in [0.1, 0.15) is 42.6 Å². The van der Waals surface area contributed by atoms with Gasteiger partial charge in [0.15, 0.2) is 0 Å². The SMILES string of the molecule is CC(C)c1ccc(N2CCN(C(=O)c3ccc([N+](=O)[O-])cc3)[C@H](C)C2=O)cc1. The number of nitro benzene ring substituents is 1. The van der Waals surface area contributed by atoms with Crippen LogP contribution in [0.4, 0.5) is 11.4 Å². The highest BCUT2D eigenvalue weighted by molar-refractivity contribution is 6.03. The van der Waals surface area contributed by atoms with Crippen molar-refractivity contribution in [3.8, 4) is 0 Å². The van der Waals surface area contributed by atoms with Gasteiger partial charge < -0.3 is 9.80 Å². The first-order chi connectivity index (χ1) is 13.3. The molecule has 0 unspecified atom stereocenters. The van der Waals surface area contributed by atoms with Crippen LogP contribution in [-0.4, -0.2) is 40.8 Å². The number of piperazine rings is 1. The molecule has 2 amide bonds. The summed E-state index contributed by atoms with van der Waals surface area (Å²) in [5, 5.41) is 10.8. The molecular weight excluding hydrogens is 358 g/mol. The second-order valence-corrected chi connectivity index (χ2v) is 7.21. The minimum Gasteiger partial charge on any atom is -0.325 e. The van der Waals surface area contributed by atoms with Gasteiger partial charge in [-0.15, -0.1) is 0 Å². The van der Waals surface area contributed by atoms with Gasteiger partial charge in [-0.25, -0.2) is 0 Å². The molecule has 1 aliphatic rings. The van der Waals surface area contributed by atoms with Crippen molar-refractivity contribution < 1.29 is 14.5 Å². The number of carbonyl (C=O) groups is 2. The fraction of sp³-hybridized carbons (Fsp3) is 0.333. The first-order valence-electron chi connectivity index (χ1n) is 9.26. The van der Waals surface area contributed by atoms with E-state index in [0.29, 0.717) is 24.6 Å². The summed E-state index contributed by atoms with van der Waals surface area (Å²) in [5.41, 5.74) is 2.29. The quantitative estimate of drug-likeness (QED) is 0.598. The number of nitro groups is 1. The van der Waals surface area contributed by atoms with Crippen LogP contribution >= 0.6 is 0 Å². The van der Waals surface area contributed by atoms with E-state index in [2.05, 4.69) is 13.8 Å². The van der Waals surface area contributed by atoms with E-state index < -0.39 is 11.0 Å². The normalized spacial score (nSPS) is 17.1. The Balaban J connectivity index is 1.74. The van der Waals surface area contributed by atoms with E-state index in [-0.39, 0.29) is 17.5 Å². The monoisotopic (exact) mass is 381 g/mol. The van der Waals surface area contributed by atoms with E-state index in [1.807, 2.05) is 24.3 Å². The fourth-order valence-electron chi connectivity index (χ4n) is 3.33. The second-order valence-electron chi connectivity index (χ2n) is 7.21. The van der Waals surface area contributed by atoms with Crippen molar-refractivity contribution >= 4 is 23.2 Å². The first kappa shape index (κ1) is 19.5. The van der Waals surface area contributed by atoms with Gasteiger partial charge in [0.2, 0.25) is 5.91 Å². The molecule has 1 fully saturated rings. The van der Waals surface area contributed by atoms with Gasteiger partial charge in [0.25, 0.3) is 11.6 Å². The van der Waals surface area contributed by atoms with Crippen molar-refractivity contribution in [1.29, 1.82) is 0 Å². The van der Waals surface area contributed by atoms with Crippen LogP contribution in [0.5, 0.6) is 0 Å². The summed E-state index contributed by atoms with van der Waals surface area (Å²) in [7, 11) is 0. The third-order valence-corrected chi connectivity index (χ3v) is 5.11. The molecule has 0 bridgehead atoms. The molecule has 146 valence electrons. The summed E-state index contributed by atoms with van der Waals surface area (Å²) in [6.45, 7) is 6.74. The number of hydrogen-bond donors (Lipinski definition) is 0. The zero-order valence-electron chi connectivity index (χ0n) is 16.2. The molecule has 0 N–H and O–H groups in total. The highest BCUT2D eigenvalue weighted by Crippen LogP contribution is 2.24. The summed E-state index contributed by atoms with van der Waals surface area (Å²) in [4.78, 5) is 39.1. The van der Waals surface area contributed by atoms with Gasteiger partial charge in [-0.1, -0.05) is 26.0 Å². The maximum absolute atomic E-state index is 12.9. The Hall–Kier alpha value is -3.22. The largest absolute Gasteiger partial charge is 0.325 e. The molecule has 0 radical (unpaired) electrons. The molecule has 28 heavy (non-hydrogen) atoms. The van der Waals surface area contributed by atoms with Crippen LogP contribution in [0.3, 0.4) is 0 Å². The number of benzene rings is 2. The summed E-state index contributed by atoms with van der Waals surface area (Å²) in [6.07, 6.45) is 0. The molecule has 0 aromatic heterocycles. The molecule has 1 atom stereocenters. The Morgan fingerprint density at radius 1 is 1.07 bits per heavy atom. The lowest BCUT2D eigenvalue weighted by atomic mass is 10.0. The Morgan fingerprint density at radius 3 is 2.21 bits per heavy atom. The summed E-state index contributed by atoms with van der Waals surface area (Å²) in [5.74, 6) is -0.0239. The molecule has 1 heterocycles. The summed E-state index contributed by atoms with van der Waals surface area (Å²) >= 11 is 0. The summed E-state index contributed by atoms with van der Waals surface area (Å²) in [6, 6.07) is 12.8. The van der Waals surface area contributed by atoms with Gasteiger partial charge in [-0.2, -0.15) is 0 Å². The highest BCUT2D eigenvalue weighted by Gasteiger charge is 2.35. The summed E-state index contributed by atoms with van der Waals surface area (Å²) < 4.78 is 0. The van der Waals surface area contributed by atoms with Crippen LogP contribution in [0.2, 0.25) is 0 Å². The third kappa shape index (κ3) is 3.74. The molecule has 0 aliphatic carbocycles. The zero-order chi connectivity index (χ0) is 20.4. The Bertz CT molecular complexity index is 891. The average molecular weight is 381 g/mol. The predicted molar refractivity (Wildman–Crippen MR) is 106 cm³/mol. The fourth-order valence-corrected chi connectivity index (χ4v) is 3.33. The smallest absolute Gasteiger partial charge is 0.269 e. The third-order valence-electron chi connectivity index (χ3n) is 5.11. The van der Waals surface area contributed by atoms with Crippen molar-refractivity contribution in [3.63, 3.8) is 0 Å². The van der Waals surface area contributed by atoms with Crippen molar-refractivity contribution in [2.45, 2.75) is 32.7 Å². The Morgan fingerprint density at radius 2 is 1.68 bits per heavy atom. The minimum atomic E-state index is -0.610. The Labute approximate surface area is 163 Å². The molecule has 2 aromatic carbocycles. The van der Waals surface area contributed by atoms with E-state index in [9.17, 15) is 19.7 Å². The van der Waals surface area contributed by atoms with E-state index in [1.54, 1.807) is 11.8 Å². The molecule has 1 aliphatic heterocycles. The molecule has 2 aromatic rings. The number of hydrogen-bond acceptors (Lipinski definition) is 4. The van der Waals surface area contributed by atoms with E-state index in [1.165, 1.54) is 34.7 Å². The van der Waals surface area contributed by atoms with Crippen LogP contribution in [0, 0.1) is 10.1 Å². The van der Waals surface area contributed by atoms with Gasteiger partial charge in [0, 0.05) is 36.5 Å². The van der Waals surface area contributed by atoms with Gasteiger partial charge in [-0.3, -0.25) is 19.7 Å². The van der Waals surface area contributed by atoms with Crippen LogP contribution < -0.4 is 4.90 Å². The van der Waals surface area contributed by atoms with Gasteiger partial charge >= 0.3 is 0 Å². The number of amides is 2. The van der Waals surface area contributed by atoms with Crippen molar-refractivity contribution in [3.05, 3.63) is 69.8 Å². The van der Waals surface area contributed by atoms with Gasteiger partial charge in [-0.05, 0) is 42.7 Å². The minimum absolute atomic E-state index is 0.0738. The van der Waals surface area contributed by atoms with E-state index >= 15 is 0 Å². The molecule has 3 rings (SSSR count). The van der Waals surface area contributed by atoms with E-state index in [4.69, 9.17) is 0 Å². The average Bonchev–Trinajstić information content (AvgIpc) is 2.69. The van der Waals surface area contributed by atoms with Gasteiger partial charge in [0.1, 0.15) is 6.04 Å². The Kier molecular flexibility index (Phi) is 5.44. The number of nitrogens with zero attached hydrogens (tertiary/aromatic N) is 3. The van der Waals surface area contributed by atoms with Crippen LogP contribution in [-0.2, 0) is 4.79 Å². The van der Waals surface area contributed by atoms with Crippen molar-refractivity contribution in [2.24, 2.45) is 0 Å². The standard InChI is InChI=1S/C21H23N3O4/c1-14(2)16-4-8-18(9-5-16)23-13-12-22(15(3)20(23)25)21(26)17-6-10-19(11-7-17)24(27)28/h4-11,14-15H,12-13H2,1-3H3/t15-/m1/s1. The lowest BCUT2D eigenvalue weighted by Gasteiger charge is -2.39. The van der Waals surface area contributed by atoms with Crippen LogP contribution in [0.25, 0.3) is 0 Å². The molecule has 7 nitrogen and oxygen atoms in total.